The van der Waals surface area contributed by atoms with Gasteiger partial charge < -0.3 is 15.5 Å². The minimum absolute atomic E-state index is 0.0141. The smallest absolute Gasteiger partial charge is 0.255 e. The maximum absolute atomic E-state index is 15.1. The van der Waals surface area contributed by atoms with Gasteiger partial charge in [-0.05, 0) is 50.1 Å². The van der Waals surface area contributed by atoms with E-state index >= 15 is 4.39 Å². The summed E-state index contributed by atoms with van der Waals surface area (Å²) in [6.07, 6.45) is 2.43. The van der Waals surface area contributed by atoms with Crippen LogP contribution in [0.3, 0.4) is 0 Å². The fourth-order valence-corrected chi connectivity index (χ4v) is 5.61. The van der Waals surface area contributed by atoms with E-state index in [0.29, 0.717) is 40.0 Å². The quantitative estimate of drug-likeness (QED) is 0.424. The lowest BCUT2D eigenvalue weighted by atomic mass is 9.87. The number of ketones is 1. The van der Waals surface area contributed by atoms with Gasteiger partial charge in [0, 0.05) is 60.5 Å². The maximum Gasteiger partial charge on any atom is 0.255 e. The second kappa shape index (κ2) is 9.64. The standard InChI is InChI=1S/C29H29FN6O2/c1-17-11-20-16-32-29(33-21-7-8-25(24(30)13-21)35-10-9-31-15-18(35)2)34-27(20)36(28(17)38)22-12-19-5-3-4-6-23(19)26(37)14-22/h3-8,11,13,16,18,22,31H,9-10,12,14-15H2,1-2H3,(H,32,33,34). The van der Waals surface area contributed by atoms with Gasteiger partial charge in [-0.15, -0.1) is 0 Å². The number of fused-ring (bicyclic) bond motifs is 2. The van der Waals surface area contributed by atoms with Crippen LogP contribution in [0, 0.1) is 12.7 Å². The van der Waals surface area contributed by atoms with E-state index in [9.17, 15) is 9.59 Å². The lowest BCUT2D eigenvalue weighted by molar-refractivity contribution is 0.0951. The van der Waals surface area contributed by atoms with Crippen molar-refractivity contribution in [1.29, 1.82) is 0 Å². The third-order valence-corrected chi connectivity index (χ3v) is 7.53. The molecule has 6 rings (SSSR count). The first-order valence-corrected chi connectivity index (χ1v) is 12.9. The van der Waals surface area contributed by atoms with Crippen molar-refractivity contribution in [2.24, 2.45) is 0 Å². The van der Waals surface area contributed by atoms with Crippen molar-refractivity contribution in [2.45, 2.75) is 38.8 Å². The molecule has 2 aromatic carbocycles. The minimum atomic E-state index is -0.354. The summed E-state index contributed by atoms with van der Waals surface area (Å²) in [7, 11) is 0. The topological polar surface area (TPSA) is 92.2 Å². The van der Waals surface area contributed by atoms with Crippen molar-refractivity contribution in [1.82, 2.24) is 19.9 Å². The molecule has 0 bridgehead atoms. The Morgan fingerprint density at radius 3 is 2.76 bits per heavy atom. The Hall–Kier alpha value is -4.11. The summed E-state index contributed by atoms with van der Waals surface area (Å²) >= 11 is 0. The molecule has 0 radical (unpaired) electrons. The van der Waals surface area contributed by atoms with Crippen LogP contribution in [0.5, 0.6) is 0 Å². The lowest BCUT2D eigenvalue weighted by Gasteiger charge is -2.36. The summed E-state index contributed by atoms with van der Waals surface area (Å²) in [6, 6.07) is 14.2. The Balaban J connectivity index is 1.35. The fraction of sp³-hybridized carbons (Fsp3) is 0.310. The molecule has 1 saturated heterocycles. The highest BCUT2D eigenvalue weighted by atomic mass is 19.1. The molecular formula is C29H29FN6O2. The summed E-state index contributed by atoms with van der Waals surface area (Å²) in [4.78, 5) is 37.4. The molecule has 9 heteroatoms. The fourth-order valence-electron chi connectivity index (χ4n) is 5.61. The largest absolute Gasteiger partial charge is 0.364 e. The second-order valence-electron chi connectivity index (χ2n) is 10.2. The predicted molar refractivity (Wildman–Crippen MR) is 146 cm³/mol. The van der Waals surface area contributed by atoms with E-state index in [0.717, 1.165) is 25.2 Å². The van der Waals surface area contributed by atoms with Crippen molar-refractivity contribution in [2.75, 3.05) is 29.9 Å². The number of hydrogen-bond donors (Lipinski definition) is 2. The van der Waals surface area contributed by atoms with Crippen LogP contribution in [0.25, 0.3) is 11.0 Å². The lowest BCUT2D eigenvalue weighted by Crippen LogP contribution is -2.50. The van der Waals surface area contributed by atoms with Crippen LogP contribution in [0.4, 0.5) is 21.7 Å². The Bertz CT molecular complexity index is 1620. The highest BCUT2D eigenvalue weighted by Crippen LogP contribution is 2.31. The number of anilines is 3. The molecular weight excluding hydrogens is 483 g/mol. The van der Waals surface area contributed by atoms with Gasteiger partial charge in [0.2, 0.25) is 5.95 Å². The number of nitrogens with one attached hydrogen (secondary N) is 2. The average molecular weight is 513 g/mol. The zero-order chi connectivity index (χ0) is 26.4. The molecule has 2 atom stereocenters. The summed E-state index contributed by atoms with van der Waals surface area (Å²) in [5.74, 6) is -0.0589. The molecule has 2 aromatic heterocycles. The zero-order valence-electron chi connectivity index (χ0n) is 21.4. The number of rotatable bonds is 4. The van der Waals surface area contributed by atoms with Crippen LogP contribution in [0.2, 0.25) is 0 Å². The number of halogens is 1. The predicted octanol–water partition coefficient (Wildman–Crippen LogP) is 4.15. The van der Waals surface area contributed by atoms with Gasteiger partial charge in [-0.3, -0.25) is 14.2 Å². The van der Waals surface area contributed by atoms with Crippen molar-refractivity contribution in [3.8, 4) is 0 Å². The molecule has 2 N–H and O–H groups in total. The number of piperazine rings is 1. The first-order valence-electron chi connectivity index (χ1n) is 12.9. The summed E-state index contributed by atoms with van der Waals surface area (Å²) in [5, 5.41) is 7.11. The normalized spacial score (nSPS) is 19.4. The molecule has 1 aliphatic heterocycles. The van der Waals surface area contributed by atoms with Gasteiger partial charge in [0.1, 0.15) is 11.5 Å². The first kappa shape index (κ1) is 24.2. The Kier molecular flexibility index (Phi) is 6.15. The number of pyridine rings is 1. The molecule has 0 saturated carbocycles. The van der Waals surface area contributed by atoms with Gasteiger partial charge in [0.05, 0.1) is 11.7 Å². The van der Waals surface area contributed by atoms with Gasteiger partial charge in [-0.1, -0.05) is 24.3 Å². The van der Waals surface area contributed by atoms with E-state index in [1.54, 1.807) is 35.9 Å². The number of Topliss-reactive ketones (excluding diaryl/α,β-unsaturated/α-hetero) is 1. The molecule has 0 amide bonds. The Morgan fingerprint density at radius 1 is 1.11 bits per heavy atom. The third kappa shape index (κ3) is 4.32. The maximum atomic E-state index is 15.1. The van der Waals surface area contributed by atoms with E-state index in [2.05, 4.69) is 32.4 Å². The zero-order valence-corrected chi connectivity index (χ0v) is 21.4. The Morgan fingerprint density at radius 2 is 1.95 bits per heavy atom. The van der Waals surface area contributed by atoms with Crippen LogP contribution in [-0.2, 0) is 6.42 Å². The first-order chi connectivity index (χ1) is 18.4. The minimum Gasteiger partial charge on any atom is -0.364 e. The van der Waals surface area contributed by atoms with Gasteiger partial charge >= 0.3 is 0 Å². The SMILES string of the molecule is Cc1cc2cnc(Nc3ccc(N4CCNCC4C)c(F)c3)nc2n(C2CC(=O)c3ccccc3C2)c1=O. The van der Waals surface area contributed by atoms with E-state index < -0.39 is 0 Å². The van der Waals surface area contributed by atoms with Crippen LogP contribution >= 0.6 is 0 Å². The average Bonchev–Trinajstić information content (AvgIpc) is 2.90. The molecule has 1 fully saturated rings. The van der Waals surface area contributed by atoms with E-state index in [4.69, 9.17) is 0 Å². The van der Waals surface area contributed by atoms with Crippen LogP contribution in [-0.4, -0.2) is 46.0 Å². The highest BCUT2D eigenvalue weighted by molar-refractivity contribution is 5.99. The number of nitrogens with zero attached hydrogens (tertiary/aromatic N) is 4. The van der Waals surface area contributed by atoms with Gasteiger partial charge in [-0.25, -0.2) is 9.37 Å². The monoisotopic (exact) mass is 512 g/mol. The van der Waals surface area contributed by atoms with E-state index in [-0.39, 0.29) is 41.6 Å². The molecule has 3 heterocycles. The summed E-state index contributed by atoms with van der Waals surface area (Å²) < 4.78 is 16.7. The van der Waals surface area contributed by atoms with Gasteiger partial charge in [-0.2, -0.15) is 4.98 Å². The van der Waals surface area contributed by atoms with Crippen LogP contribution in [0.1, 0.15) is 40.9 Å². The molecule has 4 aromatic rings. The number of benzene rings is 2. The Labute approximate surface area is 219 Å². The summed E-state index contributed by atoms with van der Waals surface area (Å²) in [6.45, 7) is 6.19. The molecule has 0 spiro atoms. The molecule has 2 unspecified atom stereocenters. The number of aromatic nitrogens is 3. The summed E-state index contributed by atoms with van der Waals surface area (Å²) in [5.41, 5.74) is 3.55. The van der Waals surface area contributed by atoms with Crippen molar-refractivity contribution < 1.29 is 9.18 Å². The molecule has 38 heavy (non-hydrogen) atoms. The van der Waals surface area contributed by atoms with E-state index in [1.807, 2.05) is 24.3 Å². The highest BCUT2D eigenvalue weighted by Gasteiger charge is 2.28. The molecule has 194 valence electrons. The number of hydrogen-bond acceptors (Lipinski definition) is 7. The molecule has 8 nitrogen and oxygen atoms in total. The van der Waals surface area contributed by atoms with Gasteiger partial charge in [0.25, 0.3) is 5.56 Å². The van der Waals surface area contributed by atoms with Crippen molar-refractivity contribution in [3.05, 3.63) is 87.6 Å². The molecule has 2 aliphatic rings. The van der Waals surface area contributed by atoms with Crippen molar-refractivity contribution in [3.63, 3.8) is 0 Å². The van der Waals surface area contributed by atoms with Crippen LogP contribution < -0.4 is 21.1 Å². The van der Waals surface area contributed by atoms with Crippen LogP contribution in [0.15, 0.2) is 59.5 Å². The molecule has 1 aliphatic carbocycles. The van der Waals surface area contributed by atoms with Gasteiger partial charge in [0.15, 0.2) is 5.78 Å². The number of carbonyl (C=O) groups excluding carboxylic acids is 1. The second-order valence-corrected chi connectivity index (χ2v) is 10.2. The van der Waals surface area contributed by atoms with Crippen molar-refractivity contribution >= 4 is 34.1 Å². The number of aryl methyl sites for hydroxylation is 1. The number of carbonyl (C=O) groups is 1. The van der Waals surface area contributed by atoms with E-state index in [1.165, 1.54) is 6.07 Å². The third-order valence-electron chi connectivity index (χ3n) is 7.53.